The Labute approximate surface area is 153 Å². The maximum absolute atomic E-state index is 12.3. The van der Waals surface area contributed by atoms with E-state index in [1.807, 2.05) is 18.2 Å². The molecule has 0 unspecified atom stereocenters. The van der Waals surface area contributed by atoms with Gasteiger partial charge in [-0.1, -0.05) is 35.1 Å². The number of methoxy groups -OCH3 is 1. The Kier molecular flexibility index (Phi) is 4.98. The van der Waals surface area contributed by atoms with Crippen molar-refractivity contribution in [3.63, 3.8) is 0 Å². The number of carbonyl (C=O) groups excluding carboxylic acids is 1. The van der Waals surface area contributed by atoms with Gasteiger partial charge in [0, 0.05) is 5.02 Å². The summed E-state index contributed by atoms with van der Waals surface area (Å²) in [6, 6.07) is 14.2. The predicted molar refractivity (Wildman–Crippen MR) is 99.8 cm³/mol. The van der Waals surface area contributed by atoms with E-state index in [1.165, 1.54) is 17.4 Å². The second-order valence-corrected chi connectivity index (χ2v) is 6.50. The Morgan fingerprint density at radius 1 is 1.32 bits per heavy atom. The first-order valence-electron chi connectivity index (χ1n) is 7.22. The summed E-state index contributed by atoms with van der Waals surface area (Å²) in [5.74, 6) is 0.206. The summed E-state index contributed by atoms with van der Waals surface area (Å²) in [5, 5.41) is 12.9. The summed E-state index contributed by atoms with van der Waals surface area (Å²) in [6.07, 6.45) is 1.50. The van der Waals surface area contributed by atoms with E-state index >= 15 is 0 Å². The number of thiazole rings is 1. The molecule has 2 aromatic carbocycles. The molecule has 5 nitrogen and oxygen atoms in total. The van der Waals surface area contributed by atoms with Gasteiger partial charge in [0.25, 0.3) is 5.91 Å². The highest BCUT2D eigenvalue weighted by atomic mass is 35.5. The van der Waals surface area contributed by atoms with Crippen molar-refractivity contribution < 1.29 is 9.53 Å². The van der Waals surface area contributed by atoms with E-state index < -0.39 is 5.91 Å². The number of ether oxygens (including phenoxy) is 1. The third-order valence-electron chi connectivity index (χ3n) is 3.36. The highest BCUT2D eigenvalue weighted by Gasteiger charge is 2.13. The number of aromatic nitrogens is 1. The zero-order valence-corrected chi connectivity index (χ0v) is 14.7. The summed E-state index contributed by atoms with van der Waals surface area (Å²) in [7, 11) is 1.59. The fraction of sp³-hybridized carbons (Fsp3) is 0.0556. The second kappa shape index (κ2) is 7.34. The molecule has 1 aromatic heterocycles. The Balaban J connectivity index is 1.82. The number of nitrogens with one attached hydrogen (secondary N) is 1. The lowest BCUT2D eigenvalue weighted by atomic mass is 10.1. The fourth-order valence-corrected chi connectivity index (χ4v) is 3.14. The van der Waals surface area contributed by atoms with Gasteiger partial charge in [-0.05, 0) is 42.0 Å². The van der Waals surface area contributed by atoms with Crippen LogP contribution in [0.1, 0.15) is 5.56 Å². The zero-order chi connectivity index (χ0) is 17.8. The number of carbonyl (C=O) groups is 1. The molecule has 0 saturated heterocycles. The van der Waals surface area contributed by atoms with E-state index in [9.17, 15) is 10.1 Å². The summed E-state index contributed by atoms with van der Waals surface area (Å²) < 4.78 is 6.06. The molecule has 0 fully saturated rings. The Morgan fingerprint density at radius 3 is 2.76 bits per heavy atom. The largest absolute Gasteiger partial charge is 0.497 e. The predicted octanol–water partition coefficient (Wildman–Crippen LogP) is 4.50. The molecule has 0 aliphatic heterocycles. The van der Waals surface area contributed by atoms with Gasteiger partial charge in [0.05, 0.1) is 17.3 Å². The molecule has 0 spiro atoms. The van der Waals surface area contributed by atoms with Crippen LogP contribution in [0.25, 0.3) is 16.3 Å². The molecule has 1 amide bonds. The number of benzene rings is 2. The Morgan fingerprint density at radius 2 is 2.08 bits per heavy atom. The van der Waals surface area contributed by atoms with Crippen LogP contribution in [0.5, 0.6) is 5.75 Å². The number of rotatable bonds is 4. The molecule has 124 valence electrons. The third kappa shape index (κ3) is 3.97. The van der Waals surface area contributed by atoms with E-state index in [0.29, 0.717) is 15.7 Å². The molecule has 3 aromatic rings. The number of nitriles is 1. The number of fused-ring (bicyclic) bond motifs is 1. The molecular weight excluding hydrogens is 358 g/mol. The minimum absolute atomic E-state index is 0.0147. The van der Waals surface area contributed by atoms with Crippen LogP contribution in [-0.4, -0.2) is 18.0 Å². The van der Waals surface area contributed by atoms with E-state index in [-0.39, 0.29) is 5.57 Å². The molecule has 0 radical (unpaired) electrons. The average Bonchev–Trinajstić information content (AvgIpc) is 3.02. The van der Waals surface area contributed by atoms with Crippen LogP contribution >= 0.6 is 22.9 Å². The van der Waals surface area contributed by atoms with Crippen molar-refractivity contribution in [1.29, 1.82) is 5.26 Å². The van der Waals surface area contributed by atoms with Crippen LogP contribution in [0.4, 0.5) is 5.13 Å². The quantitative estimate of drug-likeness (QED) is 0.542. The van der Waals surface area contributed by atoms with Crippen molar-refractivity contribution in [3.05, 3.63) is 58.6 Å². The van der Waals surface area contributed by atoms with Crippen LogP contribution in [0.15, 0.2) is 48.0 Å². The van der Waals surface area contributed by atoms with Crippen LogP contribution in [-0.2, 0) is 4.79 Å². The van der Waals surface area contributed by atoms with Gasteiger partial charge in [0.15, 0.2) is 5.13 Å². The second-order valence-electron chi connectivity index (χ2n) is 5.03. The van der Waals surface area contributed by atoms with Gasteiger partial charge >= 0.3 is 0 Å². The maximum Gasteiger partial charge on any atom is 0.268 e. The summed E-state index contributed by atoms with van der Waals surface area (Å²) >= 11 is 7.15. The Bertz CT molecular complexity index is 1000. The summed E-state index contributed by atoms with van der Waals surface area (Å²) in [4.78, 5) is 16.7. The smallest absolute Gasteiger partial charge is 0.268 e. The van der Waals surface area contributed by atoms with Crippen molar-refractivity contribution >= 4 is 50.3 Å². The number of anilines is 1. The van der Waals surface area contributed by atoms with E-state index in [0.717, 1.165) is 16.0 Å². The normalized spacial score (nSPS) is 11.2. The van der Waals surface area contributed by atoms with Gasteiger partial charge in [0.2, 0.25) is 0 Å². The minimum Gasteiger partial charge on any atom is -0.497 e. The number of hydrogen-bond donors (Lipinski definition) is 1. The van der Waals surface area contributed by atoms with Gasteiger partial charge in [0.1, 0.15) is 17.4 Å². The molecule has 0 bridgehead atoms. The van der Waals surface area contributed by atoms with E-state index in [2.05, 4.69) is 10.3 Å². The Hall–Kier alpha value is -2.88. The SMILES string of the molecule is COc1ccc2nc(NC(=O)/C(C#N)=C\c3ccc(Cl)cc3)sc2c1. The lowest BCUT2D eigenvalue weighted by Gasteiger charge is -2.00. The molecule has 0 atom stereocenters. The monoisotopic (exact) mass is 369 g/mol. The molecule has 0 aliphatic rings. The molecular formula is C18H12ClN3O2S. The highest BCUT2D eigenvalue weighted by molar-refractivity contribution is 7.22. The van der Waals surface area contributed by atoms with Crippen LogP contribution in [0.2, 0.25) is 5.02 Å². The highest BCUT2D eigenvalue weighted by Crippen LogP contribution is 2.29. The molecule has 0 saturated carbocycles. The van der Waals surface area contributed by atoms with Gasteiger partial charge < -0.3 is 4.74 Å². The topological polar surface area (TPSA) is 75.0 Å². The van der Waals surface area contributed by atoms with Gasteiger partial charge in [-0.25, -0.2) is 4.98 Å². The number of halogens is 1. The van der Waals surface area contributed by atoms with Crippen molar-refractivity contribution in [2.45, 2.75) is 0 Å². The average molecular weight is 370 g/mol. The molecule has 3 rings (SSSR count). The number of nitrogens with zero attached hydrogens (tertiary/aromatic N) is 2. The van der Waals surface area contributed by atoms with Crippen molar-refractivity contribution in [2.75, 3.05) is 12.4 Å². The third-order valence-corrected chi connectivity index (χ3v) is 4.55. The van der Waals surface area contributed by atoms with Crippen molar-refractivity contribution in [2.24, 2.45) is 0 Å². The van der Waals surface area contributed by atoms with Gasteiger partial charge in [-0.3, -0.25) is 10.1 Å². The molecule has 0 aliphatic carbocycles. The van der Waals surface area contributed by atoms with Crippen LogP contribution in [0.3, 0.4) is 0 Å². The van der Waals surface area contributed by atoms with Gasteiger partial charge in [-0.15, -0.1) is 0 Å². The van der Waals surface area contributed by atoms with Crippen molar-refractivity contribution in [1.82, 2.24) is 4.98 Å². The first-order valence-corrected chi connectivity index (χ1v) is 8.42. The number of amides is 1. The first kappa shape index (κ1) is 17.0. The lowest BCUT2D eigenvalue weighted by molar-refractivity contribution is -0.112. The fourth-order valence-electron chi connectivity index (χ4n) is 2.12. The van der Waals surface area contributed by atoms with Crippen LogP contribution < -0.4 is 10.1 Å². The number of hydrogen-bond acceptors (Lipinski definition) is 5. The lowest BCUT2D eigenvalue weighted by Crippen LogP contribution is -2.13. The molecule has 7 heteroatoms. The first-order chi connectivity index (χ1) is 12.1. The maximum atomic E-state index is 12.3. The minimum atomic E-state index is -0.511. The van der Waals surface area contributed by atoms with E-state index in [4.69, 9.17) is 16.3 Å². The standard InChI is InChI=1S/C18H12ClN3O2S/c1-24-14-6-7-15-16(9-14)25-18(21-15)22-17(23)12(10-20)8-11-2-4-13(19)5-3-11/h2-9H,1H3,(H,21,22,23)/b12-8-. The summed E-state index contributed by atoms with van der Waals surface area (Å²) in [5.41, 5.74) is 1.45. The molecule has 1 N–H and O–H groups in total. The van der Waals surface area contributed by atoms with Crippen LogP contribution in [0, 0.1) is 11.3 Å². The molecule has 25 heavy (non-hydrogen) atoms. The van der Waals surface area contributed by atoms with E-state index in [1.54, 1.807) is 37.4 Å². The molecule has 1 heterocycles. The van der Waals surface area contributed by atoms with Crippen molar-refractivity contribution in [3.8, 4) is 11.8 Å². The summed E-state index contributed by atoms with van der Waals surface area (Å²) in [6.45, 7) is 0. The zero-order valence-electron chi connectivity index (χ0n) is 13.1. The van der Waals surface area contributed by atoms with Gasteiger partial charge in [-0.2, -0.15) is 5.26 Å².